The number of carbonyl (C=O) groups excluding carboxylic acids is 1. The topological polar surface area (TPSA) is 39.2 Å². The van der Waals surface area contributed by atoms with Gasteiger partial charge in [0.05, 0.1) is 4.88 Å². The minimum absolute atomic E-state index is 0.107. The number of hydrogen-bond donors (Lipinski definition) is 0. The highest BCUT2D eigenvalue weighted by atomic mass is 32.1. The van der Waals surface area contributed by atoms with E-state index in [2.05, 4.69) is 30.5 Å². The molecule has 0 unspecified atom stereocenters. The van der Waals surface area contributed by atoms with E-state index in [0.717, 1.165) is 18.3 Å². The van der Waals surface area contributed by atoms with Crippen molar-refractivity contribution in [2.45, 2.75) is 71.8 Å². The number of hydrogen-bond acceptors (Lipinski definition) is 4. The molecule has 26 heavy (non-hydrogen) atoms. The van der Waals surface area contributed by atoms with Crippen LogP contribution in [0.15, 0.2) is 11.8 Å². The van der Waals surface area contributed by atoms with Crippen LogP contribution < -0.4 is 0 Å². The largest absolute Gasteiger partial charge is 0.462 e. The lowest BCUT2D eigenvalue weighted by atomic mass is 9.47. The predicted molar refractivity (Wildman–Crippen MR) is 104 cm³/mol. The number of esters is 1. The van der Waals surface area contributed by atoms with Gasteiger partial charge in [-0.3, -0.25) is 4.79 Å². The third kappa shape index (κ3) is 2.23. The van der Waals surface area contributed by atoms with Crippen LogP contribution in [0.1, 0.15) is 69.7 Å². The highest BCUT2D eigenvalue weighted by Gasteiger charge is 2.59. The van der Waals surface area contributed by atoms with E-state index in [4.69, 9.17) is 4.74 Å². The number of aromatic nitrogens is 1. The van der Waals surface area contributed by atoms with Crippen molar-refractivity contribution in [1.82, 2.24) is 4.37 Å². The summed E-state index contributed by atoms with van der Waals surface area (Å²) < 4.78 is 10.2. The Morgan fingerprint density at radius 1 is 1.23 bits per heavy atom. The first-order valence-electron chi connectivity index (χ1n) is 10.2. The third-order valence-corrected chi connectivity index (χ3v) is 9.28. The Morgan fingerprint density at radius 2 is 2.08 bits per heavy atom. The van der Waals surface area contributed by atoms with E-state index in [1.165, 1.54) is 49.0 Å². The molecule has 0 N–H and O–H groups in total. The molecule has 0 aliphatic heterocycles. The van der Waals surface area contributed by atoms with Crippen molar-refractivity contribution in [3.05, 3.63) is 22.2 Å². The number of rotatable bonds is 1. The molecule has 1 aromatic rings. The fraction of sp³-hybridized carbons (Fsp3) is 0.727. The van der Waals surface area contributed by atoms with Crippen molar-refractivity contribution in [3.63, 3.8) is 0 Å². The Bertz CT molecular complexity index is 783. The molecular formula is C22H29NO2S. The Balaban J connectivity index is 1.46. The van der Waals surface area contributed by atoms with Crippen LogP contribution in [0, 0.1) is 28.6 Å². The average Bonchev–Trinajstić information content (AvgIpc) is 3.16. The summed E-state index contributed by atoms with van der Waals surface area (Å²) in [6.07, 6.45) is 13.2. The summed E-state index contributed by atoms with van der Waals surface area (Å²) in [5.74, 6) is 2.16. The van der Waals surface area contributed by atoms with E-state index in [-0.39, 0.29) is 17.5 Å². The second-order valence-electron chi connectivity index (χ2n) is 9.61. The molecule has 3 nitrogen and oxygen atoms in total. The molecule has 4 aliphatic carbocycles. The van der Waals surface area contributed by atoms with Gasteiger partial charge in [0, 0.05) is 18.5 Å². The molecule has 0 amide bonds. The quantitative estimate of drug-likeness (QED) is 0.632. The fourth-order valence-electron chi connectivity index (χ4n) is 7.23. The van der Waals surface area contributed by atoms with Crippen molar-refractivity contribution >= 4 is 23.6 Å². The smallest absolute Gasteiger partial charge is 0.302 e. The molecule has 140 valence electrons. The van der Waals surface area contributed by atoms with Gasteiger partial charge in [0.2, 0.25) is 0 Å². The second kappa shape index (κ2) is 5.67. The molecule has 0 spiro atoms. The minimum Gasteiger partial charge on any atom is -0.462 e. The Hall–Kier alpha value is -1.16. The summed E-state index contributed by atoms with van der Waals surface area (Å²) in [6.45, 7) is 6.50. The number of fused-ring (bicyclic) bond motifs is 6. The standard InChI is InChI=1S/C22H29NO2S/c1-13(24)25-20-7-6-17-16-5-4-15-10-19-14(12-23-26-19)11-22(15,3)18(16)8-9-21(17,20)2/h10,12,16-18,20H,4-9,11H2,1-3H3/t16-,17-,18-,20-,21-,22-/m0/s1. The maximum absolute atomic E-state index is 11.6. The average molecular weight is 372 g/mol. The van der Waals surface area contributed by atoms with Crippen LogP contribution in [0.2, 0.25) is 0 Å². The Labute approximate surface area is 160 Å². The van der Waals surface area contributed by atoms with E-state index in [9.17, 15) is 4.79 Å². The van der Waals surface area contributed by atoms with Crippen molar-refractivity contribution < 1.29 is 9.53 Å². The molecule has 0 radical (unpaired) electrons. The minimum atomic E-state index is -0.107. The van der Waals surface area contributed by atoms with Gasteiger partial charge in [0.25, 0.3) is 0 Å². The van der Waals surface area contributed by atoms with Gasteiger partial charge < -0.3 is 4.74 Å². The number of ether oxygens (including phenoxy) is 1. The summed E-state index contributed by atoms with van der Waals surface area (Å²) >= 11 is 1.66. The van der Waals surface area contributed by atoms with Crippen molar-refractivity contribution in [2.75, 3.05) is 0 Å². The van der Waals surface area contributed by atoms with Crippen LogP contribution in [0.5, 0.6) is 0 Å². The molecule has 4 heteroatoms. The SMILES string of the molecule is CC(=O)O[C@H]1CC[C@H]2[C@@H]3CCC4=Cc5sncc5C[C@]4(C)[C@H]3CC[C@]12C. The number of carbonyl (C=O) groups is 1. The summed E-state index contributed by atoms with van der Waals surface area (Å²) in [5, 5.41) is 0. The van der Waals surface area contributed by atoms with Gasteiger partial charge in [-0.05, 0) is 91.3 Å². The van der Waals surface area contributed by atoms with Crippen LogP contribution in [-0.2, 0) is 16.0 Å². The first-order chi connectivity index (χ1) is 12.4. The maximum Gasteiger partial charge on any atom is 0.302 e. The lowest BCUT2D eigenvalue weighted by molar-refractivity contribution is -0.157. The maximum atomic E-state index is 11.6. The molecule has 1 heterocycles. The van der Waals surface area contributed by atoms with Crippen molar-refractivity contribution in [3.8, 4) is 0 Å². The number of allylic oxidation sites excluding steroid dienone is 1. The van der Waals surface area contributed by atoms with Crippen LogP contribution >= 0.6 is 11.5 Å². The molecular weight excluding hydrogens is 342 g/mol. The molecule has 5 rings (SSSR count). The monoisotopic (exact) mass is 371 g/mol. The summed E-state index contributed by atoms with van der Waals surface area (Å²) in [4.78, 5) is 13.0. The molecule has 6 atom stereocenters. The van der Waals surface area contributed by atoms with Crippen LogP contribution in [-0.4, -0.2) is 16.4 Å². The molecule has 0 saturated heterocycles. The van der Waals surface area contributed by atoms with Crippen LogP contribution in [0.3, 0.4) is 0 Å². The molecule has 3 saturated carbocycles. The zero-order chi connectivity index (χ0) is 18.1. The van der Waals surface area contributed by atoms with E-state index in [1.807, 2.05) is 0 Å². The van der Waals surface area contributed by atoms with Gasteiger partial charge in [0.15, 0.2) is 0 Å². The molecule has 3 fully saturated rings. The lowest BCUT2D eigenvalue weighted by Gasteiger charge is -2.57. The van der Waals surface area contributed by atoms with Crippen molar-refractivity contribution in [1.29, 1.82) is 0 Å². The summed E-state index contributed by atoms with van der Waals surface area (Å²) in [6, 6.07) is 0. The molecule has 0 aromatic carbocycles. The molecule has 4 aliphatic rings. The zero-order valence-electron chi connectivity index (χ0n) is 16.1. The van der Waals surface area contributed by atoms with Gasteiger partial charge in [-0.2, -0.15) is 0 Å². The van der Waals surface area contributed by atoms with E-state index >= 15 is 0 Å². The predicted octanol–water partition coefficient (Wildman–Crippen LogP) is 5.26. The van der Waals surface area contributed by atoms with Gasteiger partial charge in [-0.15, -0.1) is 0 Å². The normalized spacial score (nSPS) is 43.6. The highest BCUT2D eigenvalue weighted by molar-refractivity contribution is 7.06. The second-order valence-corrected chi connectivity index (χ2v) is 10.4. The fourth-order valence-corrected chi connectivity index (χ4v) is 7.96. The summed E-state index contributed by atoms with van der Waals surface area (Å²) in [7, 11) is 0. The first kappa shape index (κ1) is 17.0. The zero-order valence-corrected chi connectivity index (χ0v) is 16.9. The lowest BCUT2D eigenvalue weighted by Crippen LogP contribution is -2.51. The van der Waals surface area contributed by atoms with Gasteiger partial charge in [-0.1, -0.05) is 19.4 Å². The molecule has 1 aromatic heterocycles. The first-order valence-corrected chi connectivity index (χ1v) is 11.0. The van der Waals surface area contributed by atoms with E-state index < -0.39 is 0 Å². The third-order valence-electron chi connectivity index (χ3n) is 8.50. The Morgan fingerprint density at radius 3 is 2.88 bits per heavy atom. The van der Waals surface area contributed by atoms with E-state index in [1.54, 1.807) is 24.0 Å². The van der Waals surface area contributed by atoms with E-state index in [0.29, 0.717) is 11.3 Å². The van der Waals surface area contributed by atoms with Gasteiger partial charge in [-0.25, -0.2) is 4.37 Å². The summed E-state index contributed by atoms with van der Waals surface area (Å²) in [5.41, 5.74) is 3.63. The highest BCUT2D eigenvalue weighted by Crippen LogP contribution is 2.65. The Kier molecular flexibility index (Phi) is 3.70. The van der Waals surface area contributed by atoms with Gasteiger partial charge in [0.1, 0.15) is 6.10 Å². The van der Waals surface area contributed by atoms with Gasteiger partial charge >= 0.3 is 5.97 Å². The molecule has 0 bridgehead atoms. The van der Waals surface area contributed by atoms with Crippen LogP contribution in [0.4, 0.5) is 0 Å². The number of nitrogens with zero attached hydrogens (tertiary/aromatic N) is 1. The van der Waals surface area contributed by atoms with Crippen molar-refractivity contribution in [2.24, 2.45) is 28.6 Å². The van der Waals surface area contributed by atoms with Crippen LogP contribution in [0.25, 0.3) is 6.08 Å².